The van der Waals surface area contributed by atoms with Gasteiger partial charge in [-0.1, -0.05) is 12.1 Å². The fourth-order valence-corrected chi connectivity index (χ4v) is 2.27. The Hall–Kier alpha value is -1.31. The Kier molecular flexibility index (Phi) is 5.08. The summed E-state index contributed by atoms with van der Waals surface area (Å²) in [6.45, 7) is 4.48. The van der Waals surface area contributed by atoms with E-state index in [-0.39, 0.29) is 17.9 Å². The Balaban J connectivity index is 1.96. The summed E-state index contributed by atoms with van der Waals surface area (Å²) in [6, 6.07) is 6.18. The monoisotopic (exact) mass is 304 g/mol. The van der Waals surface area contributed by atoms with Crippen LogP contribution in [-0.2, 0) is 11.3 Å². The summed E-state index contributed by atoms with van der Waals surface area (Å²) in [5.41, 5.74) is 6.53. The summed E-state index contributed by atoms with van der Waals surface area (Å²) >= 11 is 0. The van der Waals surface area contributed by atoms with Gasteiger partial charge in [-0.3, -0.25) is 4.90 Å². The molecule has 21 heavy (non-hydrogen) atoms. The van der Waals surface area contributed by atoms with Gasteiger partial charge in [0.05, 0.1) is 12.7 Å². The molecule has 1 aliphatic heterocycles. The highest BCUT2D eigenvalue weighted by Crippen LogP contribution is 2.23. The van der Waals surface area contributed by atoms with Gasteiger partial charge in [0.1, 0.15) is 5.75 Å². The Bertz CT molecular complexity index is 451. The lowest BCUT2D eigenvalue weighted by atomic mass is 10.1. The van der Waals surface area contributed by atoms with E-state index in [4.69, 9.17) is 10.5 Å². The molecule has 1 aliphatic rings. The van der Waals surface area contributed by atoms with Crippen molar-refractivity contribution >= 4 is 0 Å². The number of rotatable bonds is 4. The number of hydrogen-bond donors (Lipinski definition) is 1. The number of morpholine rings is 1. The lowest BCUT2D eigenvalue weighted by Crippen LogP contribution is -2.49. The van der Waals surface area contributed by atoms with E-state index in [9.17, 15) is 13.2 Å². The SMILES string of the molecule is CC1COC(CN)CN1Cc1ccc(OC(F)(F)F)cc1. The number of hydrogen-bond acceptors (Lipinski definition) is 4. The van der Waals surface area contributed by atoms with Crippen molar-refractivity contribution in [3.05, 3.63) is 29.8 Å². The largest absolute Gasteiger partial charge is 0.573 e. The lowest BCUT2D eigenvalue weighted by molar-refractivity contribution is -0.274. The zero-order chi connectivity index (χ0) is 15.5. The normalized spacial score (nSPS) is 24.0. The second-order valence-corrected chi connectivity index (χ2v) is 5.16. The summed E-state index contributed by atoms with van der Waals surface area (Å²) in [4.78, 5) is 2.21. The van der Waals surface area contributed by atoms with Gasteiger partial charge in [0, 0.05) is 25.7 Å². The highest BCUT2D eigenvalue weighted by molar-refractivity contribution is 5.27. The Morgan fingerprint density at radius 2 is 2.00 bits per heavy atom. The molecule has 1 aromatic rings. The van der Waals surface area contributed by atoms with Crippen LogP contribution >= 0.6 is 0 Å². The molecule has 0 amide bonds. The van der Waals surface area contributed by atoms with Gasteiger partial charge in [0.15, 0.2) is 0 Å². The maximum absolute atomic E-state index is 12.1. The van der Waals surface area contributed by atoms with Crippen molar-refractivity contribution in [3.63, 3.8) is 0 Å². The van der Waals surface area contributed by atoms with Gasteiger partial charge in [-0.2, -0.15) is 0 Å². The molecule has 2 N–H and O–H groups in total. The molecule has 0 aliphatic carbocycles. The zero-order valence-corrected chi connectivity index (χ0v) is 11.8. The van der Waals surface area contributed by atoms with Crippen molar-refractivity contribution in [2.24, 2.45) is 5.73 Å². The highest BCUT2D eigenvalue weighted by Gasteiger charge is 2.31. The van der Waals surface area contributed by atoms with Crippen LogP contribution in [0.15, 0.2) is 24.3 Å². The Morgan fingerprint density at radius 1 is 1.33 bits per heavy atom. The molecule has 0 radical (unpaired) electrons. The van der Waals surface area contributed by atoms with E-state index >= 15 is 0 Å². The molecule has 0 bridgehead atoms. The third-order valence-corrected chi connectivity index (χ3v) is 3.44. The molecule has 1 aromatic carbocycles. The summed E-state index contributed by atoms with van der Waals surface area (Å²) < 4.78 is 45.7. The van der Waals surface area contributed by atoms with Gasteiger partial charge >= 0.3 is 6.36 Å². The molecule has 2 rings (SSSR count). The summed E-state index contributed by atoms with van der Waals surface area (Å²) in [6.07, 6.45) is -4.65. The first kappa shape index (κ1) is 16.1. The number of nitrogens with two attached hydrogens (primary N) is 1. The van der Waals surface area contributed by atoms with E-state index in [1.54, 1.807) is 12.1 Å². The first-order valence-corrected chi connectivity index (χ1v) is 6.78. The molecule has 1 fully saturated rings. The summed E-state index contributed by atoms with van der Waals surface area (Å²) in [5.74, 6) is -0.207. The zero-order valence-electron chi connectivity index (χ0n) is 11.8. The van der Waals surface area contributed by atoms with Crippen LogP contribution in [0, 0.1) is 0 Å². The number of halogens is 3. The van der Waals surface area contributed by atoms with Crippen molar-refractivity contribution in [2.45, 2.75) is 32.0 Å². The van der Waals surface area contributed by atoms with Gasteiger partial charge in [-0.05, 0) is 24.6 Å². The maximum atomic E-state index is 12.1. The standard InChI is InChI=1S/C14H19F3N2O2/c1-10-9-20-13(6-18)8-19(10)7-11-2-4-12(5-3-11)21-14(15,16)17/h2-5,10,13H,6-9,18H2,1H3. The van der Waals surface area contributed by atoms with Gasteiger partial charge in [0.2, 0.25) is 0 Å². The average Bonchev–Trinajstić information content (AvgIpc) is 2.42. The van der Waals surface area contributed by atoms with Crippen LogP contribution in [-0.4, -0.2) is 43.1 Å². The molecular weight excluding hydrogens is 285 g/mol. The van der Waals surface area contributed by atoms with Crippen LogP contribution < -0.4 is 10.5 Å². The molecule has 2 atom stereocenters. The lowest BCUT2D eigenvalue weighted by Gasteiger charge is -2.37. The molecule has 0 spiro atoms. The third kappa shape index (κ3) is 4.87. The summed E-state index contributed by atoms with van der Waals surface area (Å²) in [7, 11) is 0. The van der Waals surface area contributed by atoms with Crippen molar-refractivity contribution in [2.75, 3.05) is 19.7 Å². The van der Waals surface area contributed by atoms with Crippen LogP contribution in [0.5, 0.6) is 5.75 Å². The predicted octanol–water partition coefficient (Wildman–Crippen LogP) is 2.13. The number of ether oxygens (including phenoxy) is 2. The Morgan fingerprint density at radius 3 is 2.57 bits per heavy atom. The van der Waals surface area contributed by atoms with E-state index in [1.165, 1.54) is 12.1 Å². The minimum Gasteiger partial charge on any atom is -0.406 e. The van der Waals surface area contributed by atoms with Gasteiger partial charge in [-0.25, -0.2) is 0 Å². The smallest absolute Gasteiger partial charge is 0.406 e. The number of benzene rings is 1. The second kappa shape index (κ2) is 6.64. The van der Waals surface area contributed by atoms with Crippen molar-refractivity contribution < 1.29 is 22.6 Å². The molecule has 7 heteroatoms. The molecule has 0 saturated carbocycles. The van der Waals surface area contributed by atoms with Crippen LogP contribution in [0.4, 0.5) is 13.2 Å². The molecule has 1 heterocycles. The third-order valence-electron chi connectivity index (χ3n) is 3.44. The number of alkyl halides is 3. The molecule has 0 aromatic heterocycles. The maximum Gasteiger partial charge on any atom is 0.573 e. The van der Waals surface area contributed by atoms with E-state index in [2.05, 4.69) is 9.64 Å². The molecule has 2 unspecified atom stereocenters. The van der Waals surface area contributed by atoms with Crippen LogP contribution in [0.2, 0.25) is 0 Å². The van der Waals surface area contributed by atoms with Crippen molar-refractivity contribution in [1.82, 2.24) is 4.90 Å². The second-order valence-electron chi connectivity index (χ2n) is 5.16. The van der Waals surface area contributed by atoms with E-state index in [1.807, 2.05) is 6.92 Å². The average molecular weight is 304 g/mol. The van der Waals surface area contributed by atoms with E-state index in [0.717, 1.165) is 12.1 Å². The van der Waals surface area contributed by atoms with Gasteiger partial charge < -0.3 is 15.2 Å². The fourth-order valence-electron chi connectivity index (χ4n) is 2.27. The predicted molar refractivity (Wildman–Crippen MR) is 71.8 cm³/mol. The van der Waals surface area contributed by atoms with Crippen LogP contribution in [0.3, 0.4) is 0 Å². The highest BCUT2D eigenvalue weighted by atomic mass is 19.4. The Labute approximate surface area is 121 Å². The first-order chi connectivity index (χ1) is 9.87. The topological polar surface area (TPSA) is 47.7 Å². The van der Waals surface area contributed by atoms with Crippen LogP contribution in [0.25, 0.3) is 0 Å². The van der Waals surface area contributed by atoms with Gasteiger partial charge in [-0.15, -0.1) is 13.2 Å². The fraction of sp³-hybridized carbons (Fsp3) is 0.571. The van der Waals surface area contributed by atoms with E-state index < -0.39 is 6.36 Å². The minimum atomic E-state index is -4.66. The van der Waals surface area contributed by atoms with Gasteiger partial charge in [0.25, 0.3) is 0 Å². The van der Waals surface area contributed by atoms with Crippen molar-refractivity contribution in [1.29, 1.82) is 0 Å². The van der Waals surface area contributed by atoms with Crippen molar-refractivity contribution in [3.8, 4) is 5.75 Å². The molecule has 118 valence electrons. The summed E-state index contributed by atoms with van der Waals surface area (Å²) in [5, 5.41) is 0. The quantitative estimate of drug-likeness (QED) is 0.926. The minimum absolute atomic E-state index is 0.00837. The first-order valence-electron chi connectivity index (χ1n) is 6.78. The molecular formula is C14H19F3N2O2. The number of nitrogens with zero attached hydrogens (tertiary/aromatic N) is 1. The molecule has 4 nitrogen and oxygen atoms in total. The van der Waals surface area contributed by atoms with E-state index in [0.29, 0.717) is 19.7 Å². The molecule has 1 saturated heterocycles. The van der Waals surface area contributed by atoms with Crippen LogP contribution in [0.1, 0.15) is 12.5 Å².